The number of hydrogen-bond acceptors (Lipinski definition) is 1. The zero-order valence-corrected chi connectivity index (χ0v) is 7.10. The lowest BCUT2D eigenvalue weighted by Crippen LogP contribution is -2.41. The van der Waals surface area contributed by atoms with Gasteiger partial charge < -0.3 is 0 Å². The van der Waals surface area contributed by atoms with Crippen molar-refractivity contribution < 1.29 is 31.1 Å². The summed E-state index contributed by atoms with van der Waals surface area (Å²) in [5, 5.41) is 0. The summed E-state index contributed by atoms with van der Waals surface area (Å²) >= 11 is 8.46. The van der Waals surface area contributed by atoms with Crippen LogP contribution in [0.1, 0.15) is 0 Å². The zero-order valence-electron chi connectivity index (χ0n) is 5.59. The van der Waals surface area contributed by atoms with Crippen LogP contribution >= 0.6 is 23.2 Å². The highest BCUT2D eigenvalue weighted by molar-refractivity contribution is 6.22. The highest BCUT2D eigenvalue weighted by Crippen LogP contribution is 2.35. The van der Waals surface area contributed by atoms with Gasteiger partial charge in [-0.25, -0.2) is 8.78 Å². The van der Waals surface area contributed by atoms with Crippen molar-refractivity contribution in [2.75, 3.05) is 0 Å². The fourth-order valence-electron chi connectivity index (χ4n) is 0.295. The van der Waals surface area contributed by atoms with Gasteiger partial charge in [0.25, 0.3) is 0 Å². The highest BCUT2D eigenvalue weighted by Gasteiger charge is 2.52. The number of hydrogen-bond donors (Lipinski definition) is 0. The van der Waals surface area contributed by atoms with Gasteiger partial charge in [-0.05, 0) is 11.6 Å². The van der Waals surface area contributed by atoms with E-state index < -0.39 is 23.5 Å². The molecular weight excluding hydrogens is 249 g/mol. The Morgan fingerprint density at radius 2 is 1.46 bits per heavy atom. The maximum atomic E-state index is 12.1. The second-order valence-corrected chi connectivity index (χ2v) is 2.69. The monoisotopic (exact) mass is 250 g/mol. The normalized spacial score (nSPS) is 16.4. The van der Waals surface area contributed by atoms with Crippen LogP contribution in [0.5, 0.6) is 0 Å². The number of ether oxygens (including phenoxy) is 1. The molecule has 0 spiro atoms. The first-order valence-electron chi connectivity index (χ1n) is 2.62. The van der Waals surface area contributed by atoms with Crippen molar-refractivity contribution in [1.82, 2.24) is 0 Å². The van der Waals surface area contributed by atoms with Gasteiger partial charge in [-0.2, -0.15) is 17.6 Å². The zero-order chi connectivity index (χ0) is 10.9. The van der Waals surface area contributed by atoms with Gasteiger partial charge in [0.05, 0.1) is 0 Å². The number of rotatable bonds is 4. The van der Waals surface area contributed by atoms with E-state index in [0.29, 0.717) is 0 Å². The number of halogens is 8. The highest BCUT2D eigenvalue weighted by atomic mass is 35.5. The molecule has 0 bridgehead atoms. The first-order valence-corrected chi connectivity index (χ1v) is 3.43. The SMILES string of the molecule is FC(F)C(F)(F)C(Cl)OC(F)(F)Cl. The second kappa shape index (κ2) is 4.10. The quantitative estimate of drug-likeness (QED) is 0.550. The van der Waals surface area contributed by atoms with E-state index in [1.54, 1.807) is 0 Å². The van der Waals surface area contributed by atoms with Gasteiger partial charge in [-0.1, -0.05) is 11.6 Å². The van der Waals surface area contributed by atoms with Crippen LogP contribution in [0.3, 0.4) is 0 Å². The summed E-state index contributed by atoms with van der Waals surface area (Å²) in [5.41, 5.74) is -7.70. The minimum Gasteiger partial charge on any atom is -0.281 e. The van der Waals surface area contributed by atoms with Crippen molar-refractivity contribution in [1.29, 1.82) is 0 Å². The Bertz CT molecular complexity index is 169. The maximum absolute atomic E-state index is 12.1. The van der Waals surface area contributed by atoms with E-state index in [-0.39, 0.29) is 0 Å². The summed E-state index contributed by atoms with van der Waals surface area (Å²) in [7, 11) is 0. The average molecular weight is 251 g/mol. The van der Waals surface area contributed by atoms with Gasteiger partial charge in [-0.3, -0.25) is 4.74 Å². The van der Waals surface area contributed by atoms with Crippen molar-refractivity contribution in [2.45, 2.75) is 23.5 Å². The molecule has 0 aromatic rings. The minimum atomic E-state index is -4.89. The molecule has 0 radical (unpaired) electrons. The Hall–Kier alpha value is 0.120. The molecule has 0 aliphatic rings. The van der Waals surface area contributed by atoms with Crippen LogP contribution < -0.4 is 0 Å². The first-order chi connectivity index (χ1) is 5.57. The fraction of sp³-hybridized carbons (Fsp3) is 1.00. The summed E-state index contributed by atoms with van der Waals surface area (Å²) in [4.78, 5) is 0. The van der Waals surface area contributed by atoms with Crippen molar-refractivity contribution in [3.8, 4) is 0 Å². The molecule has 0 rings (SSSR count). The molecule has 0 aliphatic carbocycles. The Balaban J connectivity index is 4.34. The molecule has 0 N–H and O–H groups in total. The van der Waals surface area contributed by atoms with Gasteiger partial charge in [0.15, 0.2) is 0 Å². The summed E-state index contributed by atoms with van der Waals surface area (Å²) in [5.74, 6) is -4.89. The average Bonchev–Trinajstić information content (AvgIpc) is 1.82. The van der Waals surface area contributed by atoms with E-state index in [2.05, 4.69) is 27.9 Å². The number of alkyl halides is 8. The van der Waals surface area contributed by atoms with Crippen molar-refractivity contribution in [2.24, 2.45) is 0 Å². The predicted molar refractivity (Wildman–Crippen MR) is 32.5 cm³/mol. The Morgan fingerprint density at radius 3 is 1.69 bits per heavy atom. The van der Waals surface area contributed by atoms with Crippen LogP contribution in [0.25, 0.3) is 0 Å². The molecule has 0 aliphatic heterocycles. The first kappa shape index (κ1) is 13.1. The molecule has 0 saturated heterocycles. The molecule has 0 aromatic carbocycles. The summed E-state index contributed by atoms with van der Waals surface area (Å²) in [6, 6.07) is 0. The summed E-state index contributed by atoms with van der Waals surface area (Å²) in [6.07, 6.45) is -4.21. The van der Waals surface area contributed by atoms with Crippen molar-refractivity contribution >= 4 is 23.2 Å². The lowest BCUT2D eigenvalue weighted by molar-refractivity contribution is -0.254. The molecule has 1 atom stereocenters. The van der Waals surface area contributed by atoms with Gasteiger partial charge in [0, 0.05) is 0 Å². The van der Waals surface area contributed by atoms with Crippen LogP contribution in [-0.2, 0) is 4.74 Å². The molecule has 1 nitrogen and oxygen atoms in total. The molecule has 80 valence electrons. The Kier molecular flexibility index (Phi) is 4.14. The third-order valence-electron chi connectivity index (χ3n) is 0.831. The third-order valence-corrected chi connectivity index (χ3v) is 1.30. The minimum absolute atomic E-state index is 2.93. The van der Waals surface area contributed by atoms with E-state index in [4.69, 9.17) is 0 Å². The smallest absolute Gasteiger partial charge is 0.281 e. The third kappa shape index (κ3) is 4.24. The van der Waals surface area contributed by atoms with Gasteiger partial charge in [-0.15, -0.1) is 0 Å². The maximum Gasteiger partial charge on any atom is 0.442 e. The van der Waals surface area contributed by atoms with E-state index in [1.165, 1.54) is 0 Å². The van der Waals surface area contributed by atoms with Crippen molar-refractivity contribution in [3.05, 3.63) is 0 Å². The van der Waals surface area contributed by atoms with E-state index in [1.807, 2.05) is 0 Å². The molecule has 0 fully saturated rings. The summed E-state index contributed by atoms with van der Waals surface area (Å²) in [6.45, 7) is 0. The van der Waals surface area contributed by atoms with Gasteiger partial charge in [0.1, 0.15) is 0 Å². The van der Waals surface area contributed by atoms with Crippen LogP contribution in [0.15, 0.2) is 0 Å². The van der Waals surface area contributed by atoms with Crippen molar-refractivity contribution in [3.63, 3.8) is 0 Å². The van der Waals surface area contributed by atoms with Gasteiger partial charge >= 0.3 is 17.9 Å². The van der Waals surface area contributed by atoms with Gasteiger partial charge in [0.2, 0.25) is 5.56 Å². The van der Waals surface area contributed by atoms with E-state index >= 15 is 0 Å². The van der Waals surface area contributed by atoms with E-state index in [9.17, 15) is 26.3 Å². The van der Waals surface area contributed by atoms with Crippen LogP contribution in [0, 0.1) is 0 Å². The molecule has 0 heterocycles. The molecule has 1 unspecified atom stereocenters. The fourth-order valence-corrected chi connectivity index (χ4v) is 0.637. The molecule has 0 amide bonds. The topological polar surface area (TPSA) is 9.23 Å². The van der Waals surface area contributed by atoms with Crippen LogP contribution in [0.4, 0.5) is 26.3 Å². The lowest BCUT2D eigenvalue weighted by atomic mass is 10.4. The largest absolute Gasteiger partial charge is 0.442 e. The standard InChI is InChI=1S/C4H2Cl2F6O/c5-1(13-4(6,11)12)3(9,10)2(7)8/h1-2H. The molecular formula is C4H2Cl2F6O. The van der Waals surface area contributed by atoms with Crippen LogP contribution in [0.2, 0.25) is 0 Å². The molecule has 0 saturated carbocycles. The molecule has 13 heavy (non-hydrogen) atoms. The Labute approximate surface area is 78.5 Å². The molecule has 0 aromatic heterocycles. The van der Waals surface area contributed by atoms with E-state index in [0.717, 1.165) is 0 Å². The molecule has 9 heteroatoms. The Morgan fingerprint density at radius 1 is 1.08 bits per heavy atom. The predicted octanol–water partition coefficient (Wildman–Crippen LogP) is 3.26. The second-order valence-electron chi connectivity index (χ2n) is 1.85. The summed E-state index contributed by atoms with van der Waals surface area (Å²) < 4.78 is 73.2. The van der Waals surface area contributed by atoms with Crippen LogP contribution in [-0.4, -0.2) is 23.5 Å². The lowest BCUT2D eigenvalue weighted by Gasteiger charge is -2.22.